The predicted octanol–water partition coefficient (Wildman–Crippen LogP) is 3.53. The lowest BCUT2D eigenvalue weighted by Gasteiger charge is -2.27. The van der Waals surface area contributed by atoms with Crippen molar-refractivity contribution in [2.45, 2.75) is 51.6 Å². The van der Waals surface area contributed by atoms with Crippen molar-refractivity contribution in [2.24, 2.45) is 5.73 Å². The van der Waals surface area contributed by atoms with Gasteiger partial charge in [-0.05, 0) is 74.9 Å². The van der Waals surface area contributed by atoms with Crippen molar-refractivity contribution in [3.8, 4) is 0 Å². The van der Waals surface area contributed by atoms with Crippen molar-refractivity contribution >= 4 is 35.8 Å². The van der Waals surface area contributed by atoms with Gasteiger partial charge in [0.2, 0.25) is 0 Å². The average Bonchev–Trinajstić information content (AvgIpc) is 2.94. The molecule has 2 unspecified atom stereocenters. The molecule has 0 saturated heterocycles. The van der Waals surface area contributed by atoms with Gasteiger partial charge >= 0.3 is 0 Å². The first-order valence-corrected chi connectivity index (χ1v) is 10.0. The predicted molar refractivity (Wildman–Crippen MR) is 118 cm³/mol. The normalized spacial score (nSPS) is 20.6. The molecule has 1 aliphatic heterocycles. The lowest BCUT2D eigenvalue weighted by molar-refractivity contribution is 0.0916. The minimum absolute atomic E-state index is 0. The Labute approximate surface area is 182 Å². The average molecular weight is 428 g/mol. The van der Waals surface area contributed by atoms with Gasteiger partial charge in [0.25, 0.3) is 17.7 Å². The zero-order chi connectivity index (χ0) is 20.7. The third kappa shape index (κ3) is 3.98. The lowest BCUT2D eigenvalue weighted by atomic mass is 9.91. The number of hydrogen-bond acceptors (Lipinski definition) is 4. The number of hydrogen-bond donors (Lipinski definition) is 2. The Morgan fingerprint density at radius 2 is 1.77 bits per heavy atom. The molecule has 1 fully saturated rings. The van der Waals surface area contributed by atoms with Gasteiger partial charge < -0.3 is 11.1 Å². The van der Waals surface area contributed by atoms with E-state index in [-0.39, 0.29) is 41.9 Å². The molecule has 1 saturated carbocycles. The summed E-state index contributed by atoms with van der Waals surface area (Å²) in [7, 11) is 0. The number of carbonyl (C=O) groups excluding carboxylic acids is 3. The van der Waals surface area contributed by atoms with Crippen molar-refractivity contribution in [1.82, 2.24) is 5.32 Å². The molecule has 158 valence electrons. The number of fused-ring (bicyclic) bond motifs is 1. The van der Waals surface area contributed by atoms with Crippen LogP contribution in [0, 0.1) is 13.8 Å². The highest BCUT2D eigenvalue weighted by Crippen LogP contribution is 2.32. The summed E-state index contributed by atoms with van der Waals surface area (Å²) in [6, 6.07) is 10.5. The van der Waals surface area contributed by atoms with Crippen LogP contribution in [0.15, 0.2) is 36.4 Å². The number of carbonyl (C=O) groups is 3. The van der Waals surface area contributed by atoms with E-state index < -0.39 is 5.91 Å². The number of imide groups is 1. The van der Waals surface area contributed by atoms with Crippen LogP contribution in [0.2, 0.25) is 0 Å². The van der Waals surface area contributed by atoms with Gasteiger partial charge in [0.1, 0.15) is 0 Å². The number of aryl methyl sites for hydroxylation is 2. The number of nitrogens with one attached hydrogen (secondary N) is 1. The molecule has 0 radical (unpaired) electrons. The van der Waals surface area contributed by atoms with Gasteiger partial charge in [0.15, 0.2) is 0 Å². The van der Waals surface area contributed by atoms with Crippen LogP contribution in [0.25, 0.3) is 0 Å². The van der Waals surface area contributed by atoms with Gasteiger partial charge in [-0.3, -0.25) is 14.4 Å². The van der Waals surface area contributed by atoms with E-state index in [1.165, 1.54) is 11.0 Å². The van der Waals surface area contributed by atoms with Gasteiger partial charge in [-0.15, -0.1) is 12.4 Å². The van der Waals surface area contributed by atoms with Crippen LogP contribution >= 0.6 is 12.4 Å². The summed E-state index contributed by atoms with van der Waals surface area (Å²) in [5, 5.41) is 3.01. The molecule has 0 bridgehead atoms. The third-order valence-electron chi connectivity index (χ3n) is 5.80. The van der Waals surface area contributed by atoms with Crippen LogP contribution in [0.5, 0.6) is 0 Å². The molecule has 30 heavy (non-hydrogen) atoms. The van der Waals surface area contributed by atoms with Crippen molar-refractivity contribution < 1.29 is 14.4 Å². The van der Waals surface area contributed by atoms with Crippen molar-refractivity contribution in [3.05, 3.63) is 64.2 Å². The van der Waals surface area contributed by atoms with Crippen molar-refractivity contribution in [2.75, 3.05) is 4.90 Å². The number of rotatable bonds is 3. The van der Waals surface area contributed by atoms with Crippen LogP contribution < -0.4 is 16.0 Å². The van der Waals surface area contributed by atoms with E-state index in [1.54, 1.807) is 12.1 Å². The Morgan fingerprint density at radius 1 is 1.03 bits per heavy atom. The van der Waals surface area contributed by atoms with E-state index in [9.17, 15) is 14.4 Å². The van der Waals surface area contributed by atoms with Crippen LogP contribution in [-0.4, -0.2) is 29.8 Å². The Bertz CT molecular complexity index is 1020. The Morgan fingerprint density at radius 3 is 2.50 bits per heavy atom. The van der Waals surface area contributed by atoms with Gasteiger partial charge in [-0.2, -0.15) is 0 Å². The molecule has 2 aromatic rings. The smallest absolute Gasteiger partial charge is 0.266 e. The summed E-state index contributed by atoms with van der Waals surface area (Å²) in [5.74, 6) is -0.991. The minimum atomic E-state index is -0.395. The maximum absolute atomic E-state index is 13.0. The van der Waals surface area contributed by atoms with Crippen LogP contribution in [-0.2, 0) is 0 Å². The van der Waals surface area contributed by atoms with Gasteiger partial charge in [-0.25, -0.2) is 4.90 Å². The second kappa shape index (κ2) is 8.58. The molecule has 2 aliphatic rings. The van der Waals surface area contributed by atoms with E-state index in [4.69, 9.17) is 5.73 Å². The number of nitrogens with zero attached hydrogens (tertiary/aromatic N) is 1. The molecule has 4 rings (SSSR count). The zero-order valence-electron chi connectivity index (χ0n) is 17.1. The second-order valence-corrected chi connectivity index (χ2v) is 8.09. The maximum Gasteiger partial charge on any atom is 0.266 e. The van der Waals surface area contributed by atoms with E-state index in [0.717, 1.165) is 36.8 Å². The molecule has 2 aromatic carbocycles. The van der Waals surface area contributed by atoms with Crippen LogP contribution in [0.4, 0.5) is 5.69 Å². The number of nitrogens with two attached hydrogens (primary N) is 1. The minimum Gasteiger partial charge on any atom is -0.349 e. The highest BCUT2D eigenvalue weighted by Gasteiger charge is 2.38. The van der Waals surface area contributed by atoms with Gasteiger partial charge in [0.05, 0.1) is 16.8 Å². The molecule has 3 N–H and O–H groups in total. The number of anilines is 1. The first-order valence-electron chi connectivity index (χ1n) is 10.0. The van der Waals surface area contributed by atoms with Crippen LogP contribution in [0.3, 0.4) is 0 Å². The molecule has 6 nitrogen and oxygen atoms in total. The summed E-state index contributed by atoms with van der Waals surface area (Å²) < 4.78 is 0. The molecule has 1 heterocycles. The third-order valence-corrected chi connectivity index (χ3v) is 5.80. The molecule has 2 atom stereocenters. The first-order chi connectivity index (χ1) is 13.8. The molecule has 0 aromatic heterocycles. The van der Waals surface area contributed by atoms with E-state index >= 15 is 0 Å². The highest BCUT2D eigenvalue weighted by molar-refractivity contribution is 6.35. The Kier molecular flexibility index (Phi) is 6.29. The number of amides is 3. The van der Waals surface area contributed by atoms with Crippen LogP contribution in [0.1, 0.15) is 67.9 Å². The summed E-state index contributed by atoms with van der Waals surface area (Å²) in [4.78, 5) is 39.8. The molecule has 0 spiro atoms. The number of benzene rings is 2. The van der Waals surface area contributed by atoms with E-state index in [1.807, 2.05) is 32.0 Å². The standard InChI is InChI=1S/C23H25N3O3.ClH/c1-13-6-7-14(2)20(10-13)26-22(28)18-9-8-15(11-19(18)23(26)29)21(27)25-17-5-3-4-16(24)12-17;/h6-11,16-17H,3-5,12,24H2,1-2H3,(H,25,27);1H. The first kappa shape index (κ1) is 22.0. The fourth-order valence-electron chi connectivity index (χ4n) is 4.19. The quantitative estimate of drug-likeness (QED) is 0.733. The fourth-order valence-corrected chi connectivity index (χ4v) is 4.19. The SMILES string of the molecule is Cc1ccc(C)c(N2C(=O)c3ccc(C(=O)NC4CCCC(N)C4)cc3C2=O)c1.Cl. The summed E-state index contributed by atoms with van der Waals surface area (Å²) in [5.41, 5.74) is 9.37. The highest BCUT2D eigenvalue weighted by atomic mass is 35.5. The van der Waals surface area contributed by atoms with Gasteiger partial charge in [-0.1, -0.05) is 12.1 Å². The monoisotopic (exact) mass is 427 g/mol. The molecular formula is C23H26ClN3O3. The lowest BCUT2D eigenvalue weighted by Crippen LogP contribution is -2.42. The molecule has 1 aliphatic carbocycles. The molecular weight excluding hydrogens is 402 g/mol. The van der Waals surface area contributed by atoms with E-state index in [0.29, 0.717) is 16.8 Å². The van der Waals surface area contributed by atoms with Gasteiger partial charge in [0, 0.05) is 17.6 Å². The Hall–Kier alpha value is -2.70. The Balaban J connectivity index is 0.00000256. The summed E-state index contributed by atoms with van der Waals surface area (Å²) >= 11 is 0. The molecule has 7 heteroatoms. The van der Waals surface area contributed by atoms with E-state index in [2.05, 4.69) is 5.32 Å². The second-order valence-electron chi connectivity index (χ2n) is 8.09. The summed E-state index contributed by atoms with van der Waals surface area (Å²) in [6.07, 6.45) is 3.64. The maximum atomic E-state index is 13.0. The topological polar surface area (TPSA) is 92.5 Å². The fraction of sp³-hybridized carbons (Fsp3) is 0.348. The summed E-state index contributed by atoms with van der Waals surface area (Å²) in [6.45, 7) is 3.78. The van der Waals surface area contributed by atoms with Crippen molar-refractivity contribution in [3.63, 3.8) is 0 Å². The molecule has 3 amide bonds. The zero-order valence-corrected chi connectivity index (χ0v) is 17.9. The van der Waals surface area contributed by atoms with Crippen molar-refractivity contribution in [1.29, 1.82) is 0 Å². The number of halogens is 1. The largest absolute Gasteiger partial charge is 0.349 e.